The van der Waals surface area contributed by atoms with Crippen LogP contribution in [-0.4, -0.2) is 23.5 Å². The van der Waals surface area contributed by atoms with Crippen LogP contribution >= 0.6 is 23.2 Å². The normalized spacial score (nSPS) is 19.8. The predicted molar refractivity (Wildman–Crippen MR) is 70.0 cm³/mol. The molecule has 1 atom stereocenters. The standard InChI is InChI=1S/C13H13Cl2FO3/c14-13(15)8-11(13)12(17)19-7-1-6-18-10-4-2-9(16)3-5-10/h2-5,11H,1,6-8H2. The Hall–Kier alpha value is -1.00. The van der Waals surface area contributed by atoms with E-state index in [1.807, 2.05) is 0 Å². The van der Waals surface area contributed by atoms with Gasteiger partial charge in [-0.05, 0) is 30.7 Å². The molecule has 104 valence electrons. The Morgan fingerprint density at radius 3 is 2.53 bits per heavy atom. The molecule has 0 aromatic heterocycles. The average Bonchev–Trinajstić information content (AvgIpc) is 3.00. The van der Waals surface area contributed by atoms with E-state index in [9.17, 15) is 9.18 Å². The van der Waals surface area contributed by atoms with Gasteiger partial charge in [0.15, 0.2) is 0 Å². The first-order chi connectivity index (χ1) is 8.99. The monoisotopic (exact) mass is 306 g/mol. The van der Waals surface area contributed by atoms with Gasteiger partial charge in [-0.1, -0.05) is 0 Å². The third-order valence-corrected chi connectivity index (χ3v) is 3.56. The highest BCUT2D eigenvalue weighted by atomic mass is 35.5. The number of halogens is 3. The van der Waals surface area contributed by atoms with Crippen molar-refractivity contribution in [3.8, 4) is 5.75 Å². The van der Waals surface area contributed by atoms with Gasteiger partial charge in [0.2, 0.25) is 0 Å². The maximum Gasteiger partial charge on any atom is 0.312 e. The molecular formula is C13H13Cl2FO3. The van der Waals surface area contributed by atoms with E-state index in [-0.39, 0.29) is 18.4 Å². The third kappa shape index (κ3) is 4.25. The van der Waals surface area contributed by atoms with E-state index in [1.54, 1.807) is 12.1 Å². The minimum atomic E-state index is -0.943. The Balaban J connectivity index is 1.57. The van der Waals surface area contributed by atoms with Crippen molar-refractivity contribution < 1.29 is 18.7 Å². The van der Waals surface area contributed by atoms with E-state index in [2.05, 4.69) is 0 Å². The molecule has 0 bridgehead atoms. The molecule has 1 aromatic rings. The highest BCUT2D eigenvalue weighted by Gasteiger charge is 2.57. The van der Waals surface area contributed by atoms with Crippen molar-refractivity contribution in [3.63, 3.8) is 0 Å². The summed E-state index contributed by atoms with van der Waals surface area (Å²) in [6.07, 6.45) is 0.994. The summed E-state index contributed by atoms with van der Waals surface area (Å²) in [5, 5.41) is 0. The molecule has 1 aromatic carbocycles. The van der Waals surface area contributed by atoms with Crippen LogP contribution in [0, 0.1) is 11.7 Å². The van der Waals surface area contributed by atoms with Crippen LogP contribution in [0.25, 0.3) is 0 Å². The minimum absolute atomic E-state index is 0.250. The van der Waals surface area contributed by atoms with E-state index in [0.717, 1.165) is 0 Å². The maximum atomic E-state index is 12.6. The number of ether oxygens (including phenoxy) is 2. The van der Waals surface area contributed by atoms with Crippen LogP contribution in [0.4, 0.5) is 4.39 Å². The molecule has 0 amide bonds. The van der Waals surface area contributed by atoms with E-state index in [4.69, 9.17) is 32.7 Å². The quantitative estimate of drug-likeness (QED) is 0.459. The second-order valence-corrected chi connectivity index (χ2v) is 5.88. The molecule has 3 nitrogen and oxygen atoms in total. The van der Waals surface area contributed by atoms with E-state index < -0.39 is 10.3 Å². The first-order valence-electron chi connectivity index (χ1n) is 5.92. The van der Waals surface area contributed by atoms with Crippen LogP contribution in [0.5, 0.6) is 5.75 Å². The summed E-state index contributed by atoms with van der Waals surface area (Å²) in [5.74, 6) is -0.507. The van der Waals surface area contributed by atoms with Gasteiger partial charge in [-0.3, -0.25) is 4.79 Å². The van der Waals surface area contributed by atoms with Crippen molar-refractivity contribution in [1.29, 1.82) is 0 Å². The lowest BCUT2D eigenvalue weighted by molar-refractivity contribution is -0.145. The Morgan fingerprint density at radius 1 is 1.32 bits per heavy atom. The number of carbonyl (C=O) groups excluding carboxylic acids is 1. The van der Waals surface area contributed by atoms with Crippen molar-refractivity contribution in [3.05, 3.63) is 30.1 Å². The molecule has 1 unspecified atom stereocenters. The van der Waals surface area contributed by atoms with Crippen LogP contribution in [0.1, 0.15) is 12.8 Å². The molecule has 0 N–H and O–H groups in total. The molecule has 1 saturated carbocycles. The van der Waals surface area contributed by atoms with E-state index >= 15 is 0 Å². The Bertz CT molecular complexity index is 448. The summed E-state index contributed by atoms with van der Waals surface area (Å²) in [5.41, 5.74) is 0. The molecule has 1 aliphatic rings. The highest BCUT2D eigenvalue weighted by molar-refractivity contribution is 6.52. The molecular weight excluding hydrogens is 294 g/mol. The number of hydrogen-bond acceptors (Lipinski definition) is 3. The van der Waals surface area contributed by atoms with Gasteiger partial charge in [-0.2, -0.15) is 0 Å². The second kappa shape index (κ2) is 5.97. The molecule has 6 heteroatoms. The van der Waals surface area contributed by atoms with Crippen LogP contribution in [0.15, 0.2) is 24.3 Å². The zero-order chi connectivity index (χ0) is 13.9. The second-order valence-electron chi connectivity index (χ2n) is 4.34. The van der Waals surface area contributed by atoms with E-state index in [1.165, 1.54) is 12.1 Å². The first kappa shape index (κ1) is 14.4. The fraction of sp³-hybridized carbons (Fsp3) is 0.462. The van der Waals surface area contributed by atoms with Gasteiger partial charge in [0.05, 0.1) is 19.1 Å². The SMILES string of the molecule is O=C(OCCCOc1ccc(F)cc1)C1CC1(Cl)Cl. The van der Waals surface area contributed by atoms with Crippen molar-refractivity contribution in [2.45, 2.75) is 17.2 Å². The van der Waals surface area contributed by atoms with Gasteiger partial charge in [-0.15, -0.1) is 23.2 Å². The molecule has 0 saturated heterocycles. The third-order valence-electron chi connectivity index (χ3n) is 2.73. The predicted octanol–water partition coefficient (Wildman–Crippen LogP) is 3.33. The number of alkyl halides is 2. The topological polar surface area (TPSA) is 35.5 Å². The Morgan fingerprint density at radius 2 is 1.95 bits per heavy atom. The molecule has 1 aliphatic carbocycles. The summed E-state index contributed by atoms with van der Waals surface area (Å²) < 4.78 is 22.0. The lowest BCUT2D eigenvalue weighted by Crippen LogP contribution is -2.13. The number of hydrogen-bond donors (Lipinski definition) is 0. The fourth-order valence-corrected chi connectivity index (χ4v) is 2.01. The lowest BCUT2D eigenvalue weighted by atomic mass is 10.3. The smallest absolute Gasteiger partial charge is 0.312 e. The van der Waals surface area contributed by atoms with Crippen LogP contribution < -0.4 is 4.74 Å². The van der Waals surface area contributed by atoms with Crippen LogP contribution in [0.3, 0.4) is 0 Å². The zero-order valence-corrected chi connectivity index (χ0v) is 11.6. The van der Waals surface area contributed by atoms with Gasteiger partial charge in [-0.25, -0.2) is 4.39 Å². The van der Waals surface area contributed by atoms with Crippen molar-refractivity contribution in [2.24, 2.45) is 5.92 Å². The van der Waals surface area contributed by atoms with E-state index in [0.29, 0.717) is 25.2 Å². The summed E-state index contributed by atoms with van der Waals surface area (Å²) >= 11 is 11.5. The summed E-state index contributed by atoms with van der Waals surface area (Å²) in [4.78, 5) is 11.4. The average molecular weight is 307 g/mol. The van der Waals surface area contributed by atoms with Crippen LogP contribution in [0.2, 0.25) is 0 Å². The number of benzene rings is 1. The summed E-state index contributed by atoms with van der Waals surface area (Å²) in [6, 6.07) is 5.73. The van der Waals surface area contributed by atoms with Crippen molar-refractivity contribution >= 4 is 29.2 Å². The summed E-state index contributed by atoms with van der Waals surface area (Å²) in [7, 11) is 0. The minimum Gasteiger partial charge on any atom is -0.493 e. The van der Waals surface area contributed by atoms with Crippen molar-refractivity contribution in [2.75, 3.05) is 13.2 Å². The molecule has 0 spiro atoms. The van der Waals surface area contributed by atoms with Gasteiger partial charge in [0, 0.05) is 6.42 Å². The van der Waals surface area contributed by atoms with Crippen molar-refractivity contribution in [1.82, 2.24) is 0 Å². The molecule has 1 fully saturated rings. The molecule has 0 aliphatic heterocycles. The van der Waals surface area contributed by atoms with Gasteiger partial charge in [0.1, 0.15) is 15.9 Å². The summed E-state index contributed by atoms with van der Waals surface area (Å²) in [6.45, 7) is 0.636. The fourth-order valence-electron chi connectivity index (χ4n) is 1.52. The number of esters is 1. The molecule has 0 heterocycles. The Kier molecular flexibility index (Phi) is 4.53. The maximum absolute atomic E-state index is 12.6. The zero-order valence-electron chi connectivity index (χ0n) is 10.1. The van der Waals surface area contributed by atoms with Gasteiger partial charge >= 0.3 is 5.97 Å². The van der Waals surface area contributed by atoms with Crippen LogP contribution in [-0.2, 0) is 9.53 Å². The first-order valence-corrected chi connectivity index (χ1v) is 6.67. The Labute approximate surface area is 120 Å². The number of carbonyl (C=O) groups is 1. The lowest BCUT2D eigenvalue weighted by Gasteiger charge is -2.07. The van der Waals surface area contributed by atoms with Gasteiger partial charge < -0.3 is 9.47 Å². The number of rotatable bonds is 6. The highest BCUT2D eigenvalue weighted by Crippen LogP contribution is 2.53. The molecule has 19 heavy (non-hydrogen) atoms. The molecule has 2 rings (SSSR count). The largest absolute Gasteiger partial charge is 0.493 e. The molecule has 0 radical (unpaired) electrons. The van der Waals surface area contributed by atoms with Gasteiger partial charge in [0.25, 0.3) is 0 Å².